The number of nitrogens with one attached hydrogen (secondary N) is 1. The lowest BCUT2D eigenvalue weighted by atomic mass is 9.98. The highest BCUT2D eigenvalue weighted by Crippen LogP contribution is 2.44. The Morgan fingerprint density at radius 1 is 0.854 bits per heavy atom. The van der Waals surface area contributed by atoms with Crippen LogP contribution >= 0.6 is 11.8 Å². The van der Waals surface area contributed by atoms with Gasteiger partial charge in [0.25, 0.3) is 5.91 Å². The Balaban J connectivity index is 1.06. The van der Waals surface area contributed by atoms with Crippen LogP contribution in [0.3, 0.4) is 0 Å². The number of nitrogens with zero attached hydrogens (tertiary/aromatic N) is 3. The van der Waals surface area contributed by atoms with Gasteiger partial charge in [0.15, 0.2) is 5.16 Å². The van der Waals surface area contributed by atoms with E-state index in [0.717, 1.165) is 33.4 Å². The molecule has 1 aromatic heterocycles. The maximum Gasteiger partial charge on any atom is 0.410 e. The van der Waals surface area contributed by atoms with E-state index < -0.39 is 12.1 Å². The van der Waals surface area contributed by atoms with Crippen molar-refractivity contribution in [3.8, 4) is 11.1 Å². The highest BCUT2D eigenvalue weighted by atomic mass is 32.2. The van der Waals surface area contributed by atoms with Gasteiger partial charge >= 0.3 is 12.1 Å². The largest absolute Gasteiger partial charge is 0.478 e. The number of aromatic nitrogens is 2. The number of carboxylic acid groups (broad SMARTS) is 1. The van der Waals surface area contributed by atoms with Crippen LogP contribution in [-0.4, -0.2) is 57.6 Å². The molecule has 10 heteroatoms. The topological polar surface area (TPSA) is 122 Å². The van der Waals surface area contributed by atoms with E-state index in [1.54, 1.807) is 36.1 Å². The average Bonchev–Trinajstić information content (AvgIpc) is 3.43. The SMILES string of the molecule is Cc1nc(SCc2ccc(C(=O)O)cc2)ncc1C(=O)NCCN(Cc1ccccc1)C(=O)OCC1c2ccccc2-c2ccccc21. The number of carboxylic acids is 1. The molecule has 242 valence electrons. The first-order valence-corrected chi connectivity index (χ1v) is 16.6. The molecule has 0 saturated heterocycles. The fraction of sp³-hybridized carbons (Fsp3) is 0.184. The van der Waals surface area contributed by atoms with Crippen LogP contribution < -0.4 is 5.32 Å². The Hall–Kier alpha value is -5.48. The maximum atomic E-state index is 13.5. The summed E-state index contributed by atoms with van der Waals surface area (Å²) in [4.78, 5) is 48.2. The molecule has 0 spiro atoms. The fourth-order valence-corrected chi connectivity index (χ4v) is 6.57. The molecule has 2 N–H and O–H groups in total. The third-order valence-corrected chi connectivity index (χ3v) is 9.18. The van der Waals surface area contributed by atoms with Crippen LogP contribution in [0.15, 0.2) is 114 Å². The second-order valence-corrected chi connectivity index (χ2v) is 12.4. The number of rotatable bonds is 12. The maximum absolute atomic E-state index is 13.5. The van der Waals surface area contributed by atoms with Gasteiger partial charge in [0.2, 0.25) is 0 Å². The number of aryl methyl sites for hydroxylation is 1. The number of amides is 2. The summed E-state index contributed by atoms with van der Waals surface area (Å²) < 4.78 is 5.95. The van der Waals surface area contributed by atoms with Gasteiger partial charge in [-0.25, -0.2) is 19.6 Å². The normalized spacial score (nSPS) is 11.8. The van der Waals surface area contributed by atoms with Crippen molar-refractivity contribution >= 4 is 29.7 Å². The lowest BCUT2D eigenvalue weighted by Crippen LogP contribution is -2.39. The number of carbonyl (C=O) groups excluding carboxylic acids is 2. The van der Waals surface area contributed by atoms with Gasteiger partial charge in [-0.05, 0) is 52.4 Å². The van der Waals surface area contributed by atoms with Crippen molar-refractivity contribution in [1.29, 1.82) is 0 Å². The molecule has 9 nitrogen and oxygen atoms in total. The first kappa shape index (κ1) is 32.5. The van der Waals surface area contributed by atoms with Gasteiger partial charge in [-0.3, -0.25) is 4.79 Å². The number of benzene rings is 4. The number of thioether (sulfide) groups is 1. The first-order valence-electron chi connectivity index (χ1n) is 15.6. The van der Waals surface area contributed by atoms with Crippen LogP contribution in [0.1, 0.15) is 54.6 Å². The second kappa shape index (κ2) is 15.0. The van der Waals surface area contributed by atoms with Crippen molar-refractivity contribution in [3.05, 3.63) is 148 Å². The smallest absolute Gasteiger partial charge is 0.410 e. The Kier molecular flexibility index (Phi) is 10.1. The summed E-state index contributed by atoms with van der Waals surface area (Å²) in [6.45, 7) is 2.74. The minimum Gasteiger partial charge on any atom is -0.478 e. The monoisotopic (exact) mass is 658 g/mol. The predicted molar refractivity (Wildman–Crippen MR) is 184 cm³/mol. The summed E-state index contributed by atoms with van der Waals surface area (Å²) >= 11 is 1.39. The van der Waals surface area contributed by atoms with E-state index >= 15 is 0 Å². The molecular formula is C38H34N4O5S. The van der Waals surface area contributed by atoms with Crippen molar-refractivity contribution in [2.24, 2.45) is 0 Å². The molecule has 1 aliphatic rings. The van der Waals surface area contributed by atoms with Crippen LogP contribution in [0.2, 0.25) is 0 Å². The number of carbonyl (C=O) groups is 3. The average molecular weight is 659 g/mol. The van der Waals surface area contributed by atoms with Crippen LogP contribution in [-0.2, 0) is 17.0 Å². The zero-order chi connectivity index (χ0) is 33.5. The molecule has 0 unspecified atom stereocenters. The molecule has 0 bridgehead atoms. The first-order chi connectivity index (χ1) is 23.4. The minimum absolute atomic E-state index is 0.0544. The Bertz CT molecular complexity index is 1890. The van der Waals surface area contributed by atoms with E-state index in [9.17, 15) is 14.4 Å². The number of fused-ring (bicyclic) bond motifs is 3. The summed E-state index contributed by atoms with van der Waals surface area (Å²) in [5.74, 6) is -0.803. The Labute approximate surface area is 283 Å². The zero-order valence-corrected chi connectivity index (χ0v) is 27.2. The molecule has 1 heterocycles. The van der Waals surface area contributed by atoms with Gasteiger partial charge in [-0.1, -0.05) is 103 Å². The van der Waals surface area contributed by atoms with Gasteiger partial charge in [0, 0.05) is 37.5 Å². The molecule has 0 radical (unpaired) electrons. The predicted octanol–water partition coefficient (Wildman–Crippen LogP) is 6.96. The Morgan fingerprint density at radius 3 is 2.15 bits per heavy atom. The summed E-state index contributed by atoms with van der Waals surface area (Å²) in [5, 5.41) is 12.5. The van der Waals surface area contributed by atoms with Gasteiger partial charge in [0.1, 0.15) is 6.61 Å². The second-order valence-electron chi connectivity index (χ2n) is 11.4. The van der Waals surface area contributed by atoms with Crippen molar-refractivity contribution < 1.29 is 24.2 Å². The van der Waals surface area contributed by atoms with Crippen LogP contribution in [0.4, 0.5) is 4.79 Å². The lowest BCUT2D eigenvalue weighted by Gasteiger charge is -2.24. The molecule has 6 rings (SSSR count). The van der Waals surface area contributed by atoms with E-state index in [-0.39, 0.29) is 37.1 Å². The van der Waals surface area contributed by atoms with Gasteiger partial charge in [0.05, 0.1) is 16.8 Å². The lowest BCUT2D eigenvalue weighted by molar-refractivity contribution is 0.0696. The van der Waals surface area contributed by atoms with Crippen molar-refractivity contribution in [2.45, 2.75) is 30.3 Å². The van der Waals surface area contributed by atoms with Crippen molar-refractivity contribution in [3.63, 3.8) is 0 Å². The number of hydrogen-bond donors (Lipinski definition) is 2. The molecule has 48 heavy (non-hydrogen) atoms. The summed E-state index contributed by atoms with van der Waals surface area (Å²) in [7, 11) is 0. The van der Waals surface area contributed by atoms with Crippen LogP contribution in [0.25, 0.3) is 11.1 Å². The summed E-state index contributed by atoms with van der Waals surface area (Å²) in [5.41, 5.74) is 7.61. The molecule has 1 aliphatic carbocycles. The molecule has 5 aromatic rings. The minimum atomic E-state index is -0.969. The highest BCUT2D eigenvalue weighted by molar-refractivity contribution is 7.98. The van der Waals surface area contributed by atoms with Crippen molar-refractivity contribution in [1.82, 2.24) is 20.2 Å². The standard InChI is InChI=1S/C38H34N4O5S/c1-25-33(21-40-37(41-25)48-24-27-15-17-28(18-16-27)36(44)45)35(43)39-19-20-42(22-26-9-3-2-4-10-26)38(46)47-23-34-31-13-7-5-11-29(31)30-12-6-8-14-32(30)34/h2-18,21,34H,19-20,22-24H2,1H3,(H,39,43)(H,44,45). The number of ether oxygens (including phenoxy) is 1. The van der Waals surface area contributed by atoms with Gasteiger partial charge < -0.3 is 20.1 Å². The quantitative estimate of drug-likeness (QED) is 0.109. The number of hydrogen-bond acceptors (Lipinski definition) is 7. The molecule has 0 fully saturated rings. The fourth-order valence-electron chi connectivity index (χ4n) is 5.75. The van der Waals surface area contributed by atoms with Gasteiger partial charge in [-0.2, -0.15) is 0 Å². The van der Waals surface area contributed by atoms with Gasteiger partial charge in [-0.15, -0.1) is 0 Å². The van der Waals surface area contributed by atoms with Crippen LogP contribution in [0.5, 0.6) is 0 Å². The van der Waals surface area contributed by atoms with Crippen LogP contribution in [0, 0.1) is 6.92 Å². The third-order valence-electron chi connectivity index (χ3n) is 8.25. The summed E-state index contributed by atoms with van der Waals surface area (Å²) in [6, 6.07) is 32.7. The van der Waals surface area contributed by atoms with E-state index in [1.807, 2.05) is 54.6 Å². The van der Waals surface area contributed by atoms with E-state index in [1.165, 1.54) is 18.0 Å². The molecule has 0 saturated carbocycles. The summed E-state index contributed by atoms with van der Waals surface area (Å²) in [6.07, 6.45) is 1.05. The van der Waals surface area contributed by atoms with E-state index in [4.69, 9.17) is 9.84 Å². The Morgan fingerprint density at radius 2 is 1.50 bits per heavy atom. The molecule has 4 aromatic carbocycles. The van der Waals surface area contributed by atoms with E-state index in [2.05, 4.69) is 39.6 Å². The molecule has 0 atom stereocenters. The van der Waals surface area contributed by atoms with Crippen molar-refractivity contribution in [2.75, 3.05) is 19.7 Å². The van der Waals surface area contributed by atoms with E-state index in [0.29, 0.717) is 28.7 Å². The molecule has 2 amide bonds. The zero-order valence-electron chi connectivity index (χ0n) is 26.3. The number of aromatic carboxylic acids is 1. The highest BCUT2D eigenvalue weighted by Gasteiger charge is 2.30. The molecule has 0 aliphatic heterocycles. The molecular weight excluding hydrogens is 625 g/mol. The third kappa shape index (κ3) is 7.56.